The van der Waals surface area contributed by atoms with E-state index in [4.69, 9.17) is 4.74 Å². The molecule has 2 aliphatic rings. The second-order valence-corrected chi connectivity index (χ2v) is 7.76. The number of amides is 3. The van der Waals surface area contributed by atoms with E-state index in [0.29, 0.717) is 30.8 Å². The molecule has 3 amide bonds. The van der Waals surface area contributed by atoms with E-state index in [2.05, 4.69) is 0 Å². The first-order valence-corrected chi connectivity index (χ1v) is 9.88. The normalized spacial score (nSPS) is 18.8. The Labute approximate surface area is 161 Å². The quantitative estimate of drug-likeness (QED) is 0.718. The Kier molecular flexibility index (Phi) is 5.05. The van der Waals surface area contributed by atoms with Gasteiger partial charge in [-0.3, -0.25) is 19.3 Å². The van der Waals surface area contributed by atoms with Crippen molar-refractivity contribution >= 4 is 29.1 Å². The summed E-state index contributed by atoms with van der Waals surface area (Å²) in [5, 5.41) is 1.97. The van der Waals surface area contributed by atoms with Gasteiger partial charge in [-0.1, -0.05) is 18.2 Å². The lowest BCUT2D eigenvalue weighted by atomic mass is 10.1. The molecule has 4 rings (SSSR count). The van der Waals surface area contributed by atoms with Crippen molar-refractivity contribution in [3.05, 3.63) is 57.8 Å². The largest absolute Gasteiger partial charge is 0.376 e. The SMILES string of the molecule is O=C(CN1C(=O)c2ccccc2C1=O)N(Cc1cccs1)C[C@@H]1CCCO1. The third-order valence-corrected chi connectivity index (χ3v) is 5.76. The molecule has 0 bridgehead atoms. The summed E-state index contributed by atoms with van der Waals surface area (Å²) < 4.78 is 5.68. The predicted molar refractivity (Wildman–Crippen MR) is 101 cm³/mol. The van der Waals surface area contributed by atoms with E-state index in [1.165, 1.54) is 0 Å². The van der Waals surface area contributed by atoms with Gasteiger partial charge in [-0.05, 0) is 36.4 Å². The molecule has 1 aromatic heterocycles. The van der Waals surface area contributed by atoms with Crippen LogP contribution in [-0.2, 0) is 16.1 Å². The number of rotatable bonds is 6. The molecule has 27 heavy (non-hydrogen) atoms. The van der Waals surface area contributed by atoms with Gasteiger partial charge in [0, 0.05) is 18.0 Å². The summed E-state index contributed by atoms with van der Waals surface area (Å²) in [7, 11) is 0. The second kappa shape index (κ2) is 7.62. The summed E-state index contributed by atoms with van der Waals surface area (Å²) in [5.41, 5.74) is 0.721. The number of hydrogen-bond acceptors (Lipinski definition) is 5. The Balaban J connectivity index is 1.49. The van der Waals surface area contributed by atoms with Gasteiger partial charge in [0.2, 0.25) is 5.91 Å². The van der Waals surface area contributed by atoms with Gasteiger partial charge in [0.25, 0.3) is 11.8 Å². The van der Waals surface area contributed by atoms with E-state index in [1.807, 2.05) is 17.5 Å². The highest BCUT2D eigenvalue weighted by Crippen LogP contribution is 2.23. The van der Waals surface area contributed by atoms with Crippen molar-refractivity contribution in [3.8, 4) is 0 Å². The fourth-order valence-corrected chi connectivity index (χ4v) is 4.22. The van der Waals surface area contributed by atoms with Gasteiger partial charge >= 0.3 is 0 Å². The maximum absolute atomic E-state index is 13.0. The molecule has 0 unspecified atom stereocenters. The van der Waals surface area contributed by atoms with E-state index >= 15 is 0 Å². The Morgan fingerprint density at radius 2 is 1.89 bits per heavy atom. The predicted octanol–water partition coefficient (Wildman–Crippen LogP) is 2.55. The van der Waals surface area contributed by atoms with E-state index in [0.717, 1.165) is 22.6 Å². The summed E-state index contributed by atoms with van der Waals surface area (Å²) in [6.07, 6.45) is 1.92. The van der Waals surface area contributed by atoms with Crippen LogP contribution in [0.25, 0.3) is 0 Å². The number of nitrogens with zero attached hydrogens (tertiary/aromatic N) is 2. The molecule has 0 saturated carbocycles. The first-order chi connectivity index (χ1) is 13.1. The van der Waals surface area contributed by atoms with Crippen LogP contribution in [0.3, 0.4) is 0 Å². The van der Waals surface area contributed by atoms with Gasteiger partial charge in [0.1, 0.15) is 6.54 Å². The van der Waals surface area contributed by atoms with Crippen LogP contribution < -0.4 is 0 Å². The highest BCUT2D eigenvalue weighted by Gasteiger charge is 2.37. The van der Waals surface area contributed by atoms with Crippen LogP contribution in [0.2, 0.25) is 0 Å². The van der Waals surface area contributed by atoms with Crippen LogP contribution in [0.15, 0.2) is 41.8 Å². The van der Waals surface area contributed by atoms with Crippen molar-refractivity contribution in [3.63, 3.8) is 0 Å². The Morgan fingerprint density at radius 1 is 1.15 bits per heavy atom. The molecule has 1 aromatic carbocycles. The molecule has 0 aliphatic carbocycles. The van der Waals surface area contributed by atoms with Crippen molar-refractivity contribution in [1.29, 1.82) is 0 Å². The minimum atomic E-state index is -0.405. The van der Waals surface area contributed by atoms with Crippen molar-refractivity contribution in [2.45, 2.75) is 25.5 Å². The summed E-state index contributed by atoms with van der Waals surface area (Å²) >= 11 is 1.58. The highest BCUT2D eigenvalue weighted by atomic mass is 32.1. The average molecular weight is 384 g/mol. The van der Waals surface area contributed by atoms with Crippen molar-refractivity contribution in [1.82, 2.24) is 9.80 Å². The first kappa shape index (κ1) is 17.9. The summed E-state index contributed by atoms with van der Waals surface area (Å²) in [6.45, 7) is 1.40. The number of hydrogen-bond donors (Lipinski definition) is 0. The monoisotopic (exact) mass is 384 g/mol. The standard InChI is InChI=1S/C20H20N2O4S/c23-18(13-22-19(24)16-7-1-2-8-17(16)20(22)25)21(11-14-5-3-9-26-14)12-15-6-4-10-27-15/h1-2,4,6-8,10,14H,3,5,9,11-13H2/t14-/m0/s1. The van der Waals surface area contributed by atoms with Crippen LogP contribution in [0.4, 0.5) is 0 Å². The molecule has 7 heteroatoms. The van der Waals surface area contributed by atoms with Gasteiger partial charge < -0.3 is 9.64 Å². The van der Waals surface area contributed by atoms with Gasteiger partial charge in [0.15, 0.2) is 0 Å². The minimum Gasteiger partial charge on any atom is -0.376 e. The van der Waals surface area contributed by atoms with Crippen molar-refractivity contribution in [2.24, 2.45) is 0 Å². The average Bonchev–Trinajstić information content (AvgIpc) is 3.41. The lowest BCUT2D eigenvalue weighted by molar-refractivity contribution is -0.133. The molecule has 1 fully saturated rings. The van der Waals surface area contributed by atoms with Crippen LogP contribution in [0.5, 0.6) is 0 Å². The van der Waals surface area contributed by atoms with Crippen LogP contribution in [0.1, 0.15) is 38.4 Å². The summed E-state index contributed by atoms with van der Waals surface area (Å²) in [5.74, 6) is -1.05. The van der Waals surface area contributed by atoms with E-state index in [9.17, 15) is 14.4 Å². The lowest BCUT2D eigenvalue weighted by Crippen LogP contribution is -2.44. The van der Waals surface area contributed by atoms with E-state index in [1.54, 1.807) is 40.5 Å². The van der Waals surface area contributed by atoms with E-state index in [-0.39, 0.29) is 18.6 Å². The molecule has 0 N–H and O–H groups in total. The molecule has 3 heterocycles. The van der Waals surface area contributed by atoms with Crippen molar-refractivity contribution < 1.29 is 19.1 Å². The topological polar surface area (TPSA) is 66.9 Å². The number of fused-ring (bicyclic) bond motifs is 1. The zero-order valence-electron chi connectivity index (χ0n) is 14.8. The zero-order chi connectivity index (χ0) is 18.8. The van der Waals surface area contributed by atoms with Gasteiger partial charge in [-0.15, -0.1) is 11.3 Å². The summed E-state index contributed by atoms with van der Waals surface area (Å²) in [6, 6.07) is 10.6. The Hall–Kier alpha value is -2.51. The van der Waals surface area contributed by atoms with Gasteiger partial charge in [-0.25, -0.2) is 0 Å². The minimum absolute atomic E-state index is 0.0103. The van der Waals surface area contributed by atoms with Gasteiger partial charge in [-0.2, -0.15) is 0 Å². The molecule has 0 radical (unpaired) electrons. The van der Waals surface area contributed by atoms with Crippen LogP contribution >= 0.6 is 11.3 Å². The summed E-state index contributed by atoms with van der Waals surface area (Å²) in [4.78, 5) is 41.9. The number of benzene rings is 1. The maximum Gasteiger partial charge on any atom is 0.262 e. The maximum atomic E-state index is 13.0. The smallest absolute Gasteiger partial charge is 0.262 e. The third kappa shape index (κ3) is 3.65. The number of ether oxygens (including phenoxy) is 1. The van der Waals surface area contributed by atoms with Crippen LogP contribution in [0, 0.1) is 0 Å². The number of carbonyl (C=O) groups is 3. The Bertz CT molecular complexity index is 824. The molecule has 2 aliphatic heterocycles. The number of imide groups is 1. The van der Waals surface area contributed by atoms with Gasteiger partial charge in [0.05, 0.1) is 23.8 Å². The zero-order valence-corrected chi connectivity index (χ0v) is 15.6. The fourth-order valence-electron chi connectivity index (χ4n) is 3.50. The van der Waals surface area contributed by atoms with Crippen molar-refractivity contribution in [2.75, 3.05) is 19.7 Å². The molecular formula is C20H20N2O4S. The molecule has 1 saturated heterocycles. The fraction of sp³-hybridized carbons (Fsp3) is 0.350. The molecule has 0 spiro atoms. The molecule has 140 valence electrons. The highest BCUT2D eigenvalue weighted by molar-refractivity contribution is 7.09. The van der Waals surface area contributed by atoms with Crippen LogP contribution in [-0.4, -0.2) is 53.3 Å². The van der Waals surface area contributed by atoms with E-state index < -0.39 is 11.8 Å². The molecule has 2 aromatic rings. The first-order valence-electron chi connectivity index (χ1n) is 9.00. The second-order valence-electron chi connectivity index (χ2n) is 6.73. The molecule has 1 atom stereocenters. The molecular weight excluding hydrogens is 364 g/mol. The number of thiophene rings is 1. The molecule has 6 nitrogen and oxygen atoms in total. The number of carbonyl (C=O) groups excluding carboxylic acids is 3. The lowest BCUT2D eigenvalue weighted by Gasteiger charge is -2.26. The Morgan fingerprint density at radius 3 is 2.48 bits per heavy atom. The third-order valence-electron chi connectivity index (χ3n) is 4.90.